The predicted molar refractivity (Wildman–Crippen MR) is 83.5 cm³/mol. The van der Waals surface area contributed by atoms with Crippen molar-refractivity contribution in [3.8, 4) is 5.69 Å². The normalized spacial score (nSPS) is 25.8. The van der Waals surface area contributed by atoms with Gasteiger partial charge in [-0.25, -0.2) is 4.68 Å². The molecule has 1 aromatic carbocycles. The Hall–Kier alpha value is -1.91. The second-order valence-electron chi connectivity index (χ2n) is 6.40. The van der Waals surface area contributed by atoms with Gasteiger partial charge in [0.15, 0.2) is 0 Å². The second-order valence-corrected chi connectivity index (χ2v) is 6.40. The third-order valence-corrected chi connectivity index (χ3v) is 4.59. The Bertz CT molecular complexity index is 593. The highest BCUT2D eigenvalue weighted by Crippen LogP contribution is 2.31. The Labute approximate surface area is 125 Å². The van der Waals surface area contributed by atoms with Crippen LogP contribution in [0, 0.1) is 18.8 Å². The lowest BCUT2D eigenvalue weighted by Crippen LogP contribution is -2.33. The Balaban J connectivity index is 1.79. The summed E-state index contributed by atoms with van der Waals surface area (Å²) in [4.78, 5) is 0. The first-order chi connectivity index (χ1) is 10.1. The van der Waals surface area contributed by atoms with Crippen molar-refractivity contribution in [2.75, 3.05) is 5.32 Å². The minimum absolute atomic E-state index is 0.561. The van der Waals surface area contributed by atoms with Crippen LogP contribution in [0.1, 0.15) is 38.7 Å². The van der Waals surface area contributed by atoms with Gasteiger partial charge in [0, 0.05) is 11.7 Å². The zero-order valence-electron chi connectivity index (χ0n) is 13.0. The molecule has 0 bridgehead atoms. The topological polar surface area (TPSA) is 55.6 Å². The van der Waals surface area contributed by atoms with Gasteiger partial charge in [-0.1, -0.05) is 19.9 Å². The summed E-state index contributed by atoms with van der Waals surface area (Å²) in [5, 5.41) is 15.1. The van der Waals surface area contributed by atoms with E-state index in [4.69, 9.17) is 0 Å². The maximum atomic E-state index is 3.99. The first-order valence-corrected chi connectivity index (χ1v) is 7.74. The number of hydrogen-bond acceptors (Lipinski definition) is 4. The van der Waals surface area contributed by atoms with E-state index < -0.39 is 0 Å². The van der Waals surface area contributed by atoms with Gasteiger partial charge in [-0.05, 0) is 66.1 Å². The lowest BCUT2D eigenvalue weighted by Gasteiger charge is -2.34. The number of nitrogens with one attached hydrogen (secondary N) is 1. The van der Waals surface area contributed by atoms with Crippen molar-refractivity contribution >= 4 is 5.69 Å². The lowest BCUT2D eigenvalue weighted by atomic mass is 9.80. The number of tetrazole rings is 1. The fourth-order valence-corrected chi connectivity index (χ4v) is 3.31. The Kier molecular flexibility index (Phi) is 3.90. The molecule has 21 heavy (non-hydrogen) atoms. The van der Waals surface area contributed by atoms with E-state index in [1.807, 2.05) is 0 Å². The van der Waals surface area contributed by atoms with Crippen LogP contribution in [-0.4, -0.2) is 26.2 Å². The molecule has 5 heteroatoms. The van der Waals surface area contributed by atoms with Gasteiger partial charge in [0.1, 0.15) is 6.33 Å². The van der Waals surface area contributed by atoms with E-state index in [0.29, 0.717) is 12.0 Å². The SMILES string of the molecule is Cc1ccc(NC2CCC(C)CC2C)cc1-n1cnnn1. The zero-order valence-corrected chi connectivity index (χ0v) is 13.0. The minimum Gasteiger partial charge on any atom is -0.382 e. The van der Waals surface area contributed by atoms with Crippen molar-refractivity contribution in [1.29, 1.82) is 0 Å². The summed E-state index contributed by atoms with van der Waals surface area (Å²) in [6.07, 6.45) is 5.50. The molecule has 1 aliphatic carbocycles. The Morgan fingerprint density at radius 3 is 2.81 bits per heavy atom. The van der Waals surface area contributed by atoms with Crippen LogP contribution in [0.3, 0.4) is 0 Å². The number of anilines is 1. The smallest absolute Gasteiger partial charge is 0.143 e. The number of nitrogens with zero attached hydrogens (tertiary/aromatic N) is 4. The molecule has 0 spiro atoms. The van der Waals surface area contributed by atoms with Crippen LogP contribution in [-0.2, 0) is 0 Å². The lowest BCUT2D eigenvalue weighted by molar-refractivity contribution is 0.276. The van der Waals surface area contributed by atoms with Crippen LogP contribution < -0.4 is 5.32 Å². The summed E-state index contributed by atoms with van der Waals surface area (Å²) < 4.78 is 1.72. The average Bonchev–Trinajstić information content (AvgIpc) is 2.98. The highest BCUT2D eigenvalue weighted by molar-refractivity contribution is 5.55. The van der Waals surface area contributed by atoms with E-state index in [1.54, 1.807) is 11.0 Å². The number of aryl methyl sites for hydroxylation is 1. The van der Waals surface area contributed by atoms with Crippen molar-refractivity contribution in [1.82, 2.24) is 20.2 Å². The monoisotopic (exact) mass is 285 g/mol. The van der Waals surface area contributed by atoms with Crippen LogP contribution in [0.4, 0.5) is 5.69 Å². The summed E-state index contributed by atoms with van der Waals surface area (Å²) in [6.45, 7) is 6.78. The zero-order chi connectivity index (χ0) is 14.8. The van der Waals surface area contributed by atoms with Gasteiger partial charge in [0.05, 0.1) is 5.69 Å². The number of rotatable bonds is 3. The summed E-state index contributed by atoms with van der Waals surface area (Å²) >= 11 is 0. The molecule has 112 valence electrons. The van der Waals surface area contributed by atoms with Gasteiger partial charge < -0.3 is 5.32 Å². The third-order valence-electron chi connectivity index (χ3n) is 4.59. The molecule has 5 nitrogen and oxygen atoms in total. The number of benzene rings is 1. The summed E-state index contributed by atoms with van der Waals surface area (Å²) in [5.74, 6) is 1.57. The van der Waals surface area contributed by atoms with Crippen molar-refractivity contribution in [2.45, 2.75) is 46.1 Å². The quantitative estimate of drug-likeness (QED) is 0.941. The van der Waals surface area contributed by atoms with E-state index in [-0.39, 0.29) is 0 Å². The molecule has 0 saturated heterocycles. The molecule has 1 aliphatic rings. The fraction of sp³-hybridized carbons (Fsp3) is 0.562. The van der Waals surface area contributed by atoms with Crippen LogP contribution in [0.15, 0.2) is 24.5 Å². The molecule has 0 aliphatic heterocycles. The van der Waals surface area contributed by atoms with Gasteiger partial charge in [-0.15, -0.1) is 5.10 Å². The minimum atomic E-state index is 0.561. The van der Waals surface area contributed by atoms with Crippen molar-refractivity contribution in [3.63, 3.8) is 0 Å². The molecule has 3 atom stereocenters. The van der Waals surface area contributed by atoms with Crippen LogP contribution >= 0.6 is 0 Å². The molecular weight excluding hydrogens is 262 g/mol. The third kappa shape index (κ3) is 3.06. The van der Waals surface area contributed by atoms with Gasteiger partial charge in [-0.2, -0.15) is 0 Å². The van der Waals surface area contributed by atoms with E-state index in [1.165, 1.54) is 19.3 Å². The Morgan fingerprint density at radius 2 is 2.10 bits per heavy atom. The molecule has 1 heterocycles. The second kappa shape index (κ2) is 5.84. The first kappa shape index (κ1) is 14.0. The fourth-order valence-electron chi connectivity index (χ4n) is 3.31. The molecule has 2 aromatic rings. The van der Waals surface area contributed by atoms with Crippen molar-refractivity contribution in [2.24, 2.45) is 11.8 Å². The van der Waals surface area contributed by atoms with E-state index in [0.717, 1.165) is 22.9 Å². The van der Waals surface area contributed by atoms with Gasteiger partial charge in [-0.3, -0.25) is 0 Å². The number of hydrogen-bond donors (Lipinski definition) is 1. The molecule has 3 unspecified atom stereocenters. The van der Waals surface area contributed by atoms with Crippen LogP contribution in [0.25, 0.3) is 5.69 Å². The largest absolute Gasteiger partial charge is 0.382 e. The molecule has 1 fully saturated rings. The van der Waals surface area contributed by atoms with Crippen molar-refractivity contribution < 1.29 is 0 Å². The first-order valence-electron chi connectivity index (χ1n) is 7.74. The van der Waals surface area contributed by atoms with E-state index >= 15 is 0 Å². The summed E-state index contributed by atoms with van der Waals surface area (Å²) in [6, 6.07) is 6.96. The van der Waals surface area contributed by atoms with Gasteiger partial charge in [0.25, 0.3) is 0 Å². The predicted octanol–water partition coefficient (Wildman–Crippen LogP) is 3.21. The molecular formula is C16H23N5. The Morgan fingerprint density at radius 1 is 1.24 bits per heavy atom. The molecule has 1 N–H and O–H groups in total. The highest BCUT2D eigenvalue weighted by atomic mass is 15.5. The molecule has 1 saturated carbocycles. The van der Waals surface area contributed by atoms with Crippen LogP contribution in [0.2, 0.25) is 0 Å². The summed E-state index contributed by atoms with van der Waals surface area (Å²) in [7, 11) is 0. The maximum absolute atomic E-state index is 3.99. The van der Waals surface area contributed by atoms with Gasteiger partial charge >= 0.3 is 0 Å². The van der Waals surface area contributed by atoms with E-state index in [9.17, 15) is 0 Å². The number of aromatic nitrogens is 4. The standard InChI is InChI=1S/C16H23N5/c1-11-4-7-15(13(3)8-11)18-14-6-5-12(2)16(9-14)21-10-17-19-20-21/h5-6,9-11,13,15,18H,4,7-8H2,1-3H3. The van der Waals surface area contributed by atoms with Crippen LogP contribution in [0.5, 0.6) is 0 Å². The maximum Gasteiger partial charge on any atom is 0.143 e. The average molecular weight is 285 g/mol. The molecule has 0 radical (unpaired) electrons. The molecule has 3 rings (SSSR count). The molecule has 0 amide bonds. The molecule has 1 aromatic heterocycles. The summed E-state index contributed by atoms with van der Waals surface area (Å²) in [5.41, 5.74) is 3.34. The highest BCUT2D eigenvalue weighted by Gasteiger charge is 2.25. The van der Waals surface area contributed by atoms with Gasteiger partial charge in [0.2, 0.25) is 0 Å². The van der Waals surface area contributed by atoms with Crippen molar-refractivity contribution in [3.05, 3.63) is 30.1 Å². The van der Waals surface area contributed by atoms with E-state index in [2.05, 4.69) is 59.8 Å².